The van der Waals surface area contributed by atoms with Crippen molar-refractivity contribution in [3.05, 3.63) is 0 Å². The molecule has 0 bridgehead atoms. The normalized spacial score (nSPS) is 45.0. The zero-order chi connectivity index (χ0) is 10.6. The standard InChI is InChI=1S/C11H22N2S/c1-9(2)12-7-10(3)5-6-13(14)11(10,4)8-12/h9,14H,5-8H2,1-4H3. The van der Waals surface area contributed by atoms with Gasteiger partial charge in [0.05, 0.1) is 0 Å². The first kappa shape index (κ1) is 10.8. The van der Waals surface area contributed by atoms with Gasteiger partial charge < -0.3 is 0 Å². The zero-order valence-corrected chi connectivity index (χ0v) is 10.6. The van der Waals surface area contributed by atoms with E-state index in [0.29, 0.717) is 11.5 Å². The summed E-state index contributed by atoms with van der Waals surface area (Å²) in [5.74, 6) is 0. The van der Waals surface area contributed by atoms with E-state index in [-0.39, 0.29) is 5.54 Å². The number of nitrogens with zero attached hydrogens (tertiary/aromatic N) is 2. The Morgan fingerprint density at radius 3 is 2.36 bits per heavy atom. The first-order valence-electron chi connectivity index (χ1n) is 5.60. The quantitative estimate of drug-likeness (QED) is 0.667. The Bertz CT molecular complexity index is 243. The molecule has 2 fully saturated rings. The molecule has 14 heavy (non-hydrogen) atoms. The lowest BCUT2D eigenvalue weighted by Gasteiger charge is -2.36. The van der Waals surface area contributed by atoms with Crippen LogP contribution in [0.1, 0.15) is 34.1 Å². The van der Waals surface area contributed by atoms with E-state index in [1.54, 1.807) is 0 Å². The number of fused-ring (bicyclic) bond motifs is 1. The molecule has 0 aromatic carbocycles. The topological polar surface area (TPSA) is 6.48 Å². The van der Waals surface area contributed by atoms with E-state index >= 15 is 0 Å². The molecular weight excluding hydrogens is 192 g/mol. The molecule has 2 heterocycles. The molecule has 82 valence electrons. The van der Waals surface area contributed by atoms with Crippen LogP contribution in [0.4, 0.5) is 0 Å². The molecule has 2 rings (SSSR count). The van der Waals surface area contributed by atoms with Gasteiger partial charge in [0, 0.05) is 36.6 Å². The third kappa shape index (κ3) is 1.25. The summed E-state index contributed by atoms with van der Waals surface area (Å²) in [7, 11) is 0. The molecule has 3 heteroatoms. The van der Waals surface area contributed by atoms with Gasteiger partial charge in [-0.15, -0.1) is 0 Å². The molecular formula is C11H22N2S. The van der Waals surface area contributed by atoms with Gasteiger partial charge in [-0.1, -0.05) is 19.7 Å². The fourth-order valence-corrected chi connectivity index (χ4v) is 3.37. The molecule has 2 atom stereocenters. The van der Waals surface area contributed by atoms with E-state index in [0.717, 1.165) is 6.54 Å². The van der Waals surface area contributed by atoms with E-state index in [4.69, 9.17) is 0 Å². The minimum atomic E-state index is 0.278. The van der Waals surface area contributed by atoms with Gasteiger partial charge in [-0.3, -0.25) is 4.90 Å². The number of hydrogen-bond acceptors (Lipinski definition) is 3. The van der Waals surface area contributed by atoms with Crippen molar-refractivity contribution in [3.63, 3.8) is 0 Å². The van der Waals surface area contributed by atoms with Crippen LogP contribution in [-0.2, 0) is 0 Å². The molecule has 0 N–H and O–H groups in total. The first-order chi connectivity index (χ1) is 6.39. The third-order valence-electron chi connectivity index (χ3n) is 4.54. The summed E-state index contributed by atoms with van der Waals surface area (Å²) in [4.78, 5) is 2.59. The van der Waals surface area contributed by atoms with Crippen molar-refractivity contribution in [2.45, 2.75) is 45.7 Å². The first-order valence-corrected chi connectivity index (χ1v) is 6.00. The molecule has 0 amide bonds. The largest absolute Gasteiger partial charge is 0.298 e. The molecule has 2 unspecified atom stereocenters. The van der Waals surface area contributed by atoms with Crippen LogP contribution in [0.15, 0.2) is 0 Å². The molecule has 0 aromatic rings. The highest BCUT2D eigenvalue weighted by Gasteiger charge is 2.58. The van der Waals surface area contributed by atoms with E-state index in [2.05, 4.69) is 49.7 Å². The fraction of sp³-hybridized carbons (Fsp3) is 1.00. The maximum atomic E-state index is 4.62. The van der Waals surface area contributed by atoms with Gasteiger partial charge in [0.2, 0.25) is 0 Å². The summed E-state index contributed by atoms with van der Waals surface area (Å²) in [6.07, 6.45) is 1.29. The summed E-state index contributed by atoms with van der Waals surface area (Å²) < 4.78 is 2.26. The van der Waals surface area contributed by atoms with Crippen molar-refractivity contribution in [3.8, 4) is 0 Å². The maximum absolute atomic E-state index is 4.62. The molecule has 0 spiro atoms. The Morgan fingerprint density at radius 1 is 1.21 bits per heavy atom. The number of thiol groups is 1. The van der Waals surface area contributed by atoms with Crippen LogP contribution in [0, 0.1) is 5.41 Å². The van der Waals surface area contributed by atoms with Crippen molar-refractivity contribution in [2.75, 3.05) is 19.6 Å². The predicted octanol–water partition coefficient (Wildman–Crippen LogP) is 2.03. The van der Waals surface area contributed by atoms with Crippen molar-refractivity contribution < 1.29 is 0 Å². The van der Waals surface area contributed by atoms with E-state index in [9.17, 15) is 0 Å². The van der Waals surface area contributed by atoms with Crippen molar-refractivity contribution >= 4 is 12.8 Å². The second-order valence-electron chi connectivity index (χ2n) is 5.71. The van der Waals surface area contributed by atoms with E-state index < -0.39 is 0 Å². The van der Waals surface area contributed by atoms with Crippen LogP contribution in [0.2, 0.25) is 0 Å². The van der Waals surface area contributed by atoms with Crippen LogP contribution in [-0.4, -0.2) is 40.4 Å². The van der Waals surface area contributed by atoms with Crippen LogP contribution < -0.4 is 0 Å². The zero-order valence-electron chi connectivity index (χ0n) is 9.75. The second kappa shape index (κ2) is 3.13. The van der Waals surface area contributed by atoms with Gasteiger partial charge in [-0.2, -0.15) is 0 Å². The van der Waals surface area contributed by atoms with Crippen molar-refractivity contribution in [2.24, 2.45) is 5.41 Å². The van der Waals surface area contributed by atoms with Gasteiger partial charge in [0.1, 0.15) is 0 Å². The monoisotopic (exact) mass is 214 g/mol. The summed E-state index contributed by atoms with van der Waals surface area (Å²) in [6.45, 7) is 12.9. The highest BCUT2D eigenvalue weighted by atomic mass is 32.1. The minimum Gasteiger partial charge on any atom is -0.298 e. The highest BCUT2D eigenvalue weighted by molar-refractivity contribution is 7.77. The average Bonchev–Trinajstić information content (AvgIpc) is 2.47. The van der Waals surface area contributed by atoms with Gasteiger partial charge in [-0.05, 0) is 27.2 Å². The van der Waals surface area contributed by atoms with Crippen molar-refractivity contribution in [1.82, 2.24) is 9.21 Å². The van der Waals surface area contributed by atoms with Gasteiger partial charge in [0.15, 0.2) is 0 Å². The molecule has 2 saturated heterocycles. The molecule has 0 saturated carbocycles. The van der Waals surface area contributed by atoms with E-state index in [1.165, 1.54) is 19.5 Å². The Kier molecular flexibility index (Phi) is 2.41. The van der Waals surface area contributed by atoms with Gasteiger partial charge in [0.25, 0.3) is 0 Å². The smallest absolute Gasteiger partial charge is 0.0476 e. The SMILES string of the molecule is CC(C)N1CC2(C)CCN(S)C2(C)C1. The molecule has 0 radical (unpaired) electrons. The molecule has 2 aliphatic rings. The Balaban J connectivity index is 2.24. The van der Waals surface area contributed by atoms with Crippen LogP contribution in [0.3, 0.4) is 0 Å². The average molecular weight is 214 g/mol. The van der Waals surface area contributed by atoms with Crippen LogP contribution in [0.5, 0.6) is 0 Å². The molecule has 0 aromatic heterocycles. The Morgan fingerprint density at radius 2 is 1.86 bits per heavy atom. The molecule has 2 nitrogen and oxygen atoms in total. The maximum Gasteiger partial charge on any atom is 0.0476 e. The lowest BCUT2D eigenvalue weighted by atomic mass is 9.76. The summed E-state index contributed by atoms with van der Waals surface area (Å²) in [5, 5.41) is 0. The van der Waals surface area contributed by atoms with Crippen LogP contribution in [0.25, 0.3) is 0 Å². The number of rotatable bonds is 1. The van der Waals surface area contributed by atoms with Crippen LogP contribution >= 0.6 is 12.8 Å². The minimum absolute atomic E-state index is 0.278. The fourth-order valence-electron chi connectivity index (χ4n) is 2.97. The van der Waals surface area contributed by atoms with Crippen molar-refractivity contribution in [1.29, 1.82) is 0 Å². The Labute approximate surface area is 93.2 Å². The summed E-state index contributed by atoms with van der Waals surface area (Å²) in [5.41, 5.74) is 0.722. The highest BCUT2D eigenvalue weighted by Crippen LogP contribution is 2.51. The second-order valence-corrected chi connectivity index (χ2v) is 6.19. The lowest BCUT2D eigenvalue weighted by molar-refractivity contribution is 0.191. The predicted molar refractivity (Wildman–Crippen MR) is 63.5 cm³/mol. The summed E-state index contributed by atoms with van der Waals surface area (Å²) in [6, 6.07) is 0.663. The van der Waals surface area contributed by atoms with Gasteiger partial charge >= 0.3 is 0 Å². The number of likely N-dealkylation sites (tertiary alicyclic amines) is 1. The van der Waals surface area contributed by atoms with Gasteiger partial charge in [-0.25, -0.2) is 4.31 Å². The number of hydrogen-bond donors (Lipinski definition) is 1. The van der Waals surface area contributed by atoms with E-state index in [1.807, 2.05) is 0 Å². The molecule has 2 aliphatic heterocycles. The Hall–Kier alpha value is 0.270. The lowest BCUT2D eigenvalue weighted by Crippen LogP contribution is -2.46. The molecule has 0 aliphatic carbocycles. The third-order valence-corrected chi connectivity index (χ3v) is 5.18. The summed E-state index contributed by atoms with van der Waals surface area (Å²) >= 11 is 4.62.